The van der Waals surface area contributed by atoms with Crippen molar-refractivity contribution < 1.29 is 26.7 Å². The Hall–Kier alpha value is -1.86. The van der Waals surface area contributed by atoms with Crippen molar-refractivity contribution in [1.82, 2.24) is 4.90 Å². The molecule has 0 bridgehead atoms. The van der Waals surface area contributed by atoms with Gasteiger partial charge in [-0.2, -0.15) is 13.2 Å². The van der Waals surface area contributed by atoms with Crippen LogP contribution in [0.25, 0.3) is 0 Å². The molecule has 0 aromatic heterocycles. The van der Waals surface area contributed by atoms with E-state index in [4.69, 9.17) is 0 Å². The zero-order chi connectivity index (χ0) is 16.5. The Morgan fingerprint density at radius 3 is 2.64 bits per heavy atom. The average Bonchev–Trinajstić information content (AvgIpc) is 2.35. The summed E-state index contributed by atoms with van der Waals surface area (Å²) < 4.78 is 64.0. The number of amides is 1. The summed E-state index contributed by atoms with van der Waals surface area (Å²) in [6.07, 6.45) is -3.45. The van der Waals surface area contributed by atoms with E-state index in [1.165, 1.54) is 11.0 Å². The molecule has 1 aliphatic rings. The van der Waals surface area contributed by atoms with Crippen LogP contribution in [0.15, 0.2) is 12.1 Å². The molecule has 1 aromatic rings. The number of rotatable bonds is 3. The van der Waals surface area contributed by atoms with E-state index in [0.717, 1.165) is 7.05 Å². The number of nitrogens with zero attached hydrogens (tertiary/aromatic N) is 2. The number of hydrogen-bond donors (Lipinski definition) is 0. The molecule has 22 heavy (non-hydrogen) atoms. The largest absolute Gasteiger partial charge is 0.406 e. The summed E-state index contributed by atoms with van der Waals surface area (Å²) in [6, 6.07) is 1.90. The highest BCUT2D eigenvalue weighted by Gasteiger charge is 2.32. The first kappa shape index (κ1) is 16.5. The van der Waals surface area contributed by atoms with Gasteiger partial charge in [0.2, 0.25) is 5.91 Å². The third-order valence-electron chi connectivity index (χ3n) is 3.47. The maximum absolute atomic E-state index is 13.9. The number of hydrogen-bond acceptors (Lipinski definition) is 2. The summed E-state index contributed by atoms with van der Waals surface area (Å²) in [5.74, 6) is -2.28. The maximum atomic E-state index is 13.9. The van der Waals surface area contributed by atoms with Crippen molar-refractivity contribution in [3.63, 3.8) is 0 Å². The van der Waals surface area contributed by atoms with Crippen molar-refractivity contribution in [1.29, 1.82) is 0 Å². The van der Waals surface area contributed by atoms with Crippen LogP contribution in [-0.4, -0.2) is 43.7 Å². The molecule has 1 aliphatic heterocycles. The van der Waals surface area contributed by atoms with E-state index in [-0.39, 0.29) is 12.2 Å². The van der Waals surface area contributed by atoms with Gasteiger partial charge >= 0.3 is 6.18 Å². The van der Waals surface area contributed by atoms with E-state index in [2.05, 4.69) is 0 Å². The smallest absolute Gasteiger partial charge is 0.360 e. The van der Waals surface area contributed by atoms with Crippen molar-refractivity contribution >= 4 is 11.6 Å². The van der Waals surface area contributed by atoms with E-state index < -0.39 is 30.3 Å². The van der Waals surface area contributed by atoms with Crippen molar-refractivity contribution in [2.75, 3.05) is 31.6 Å². The first-order valence-electron chi connectivity index (χ1n) is 6.71. The number of likely N-dealkylation sites (N-methyl/N-ethyl adjacent to an activating group) is 1. The van der Waals surface area contributed by atoms with Gasteiger partial charge in [-0.05, 0) is 24.5 Å². The number of carbonyl (C=O) groups excluding carboxylic acids is 1. The summed E-state index contributed by atoms with van der Waals surface area (Å²) in [7, 11) is 1.04. The standard InChI is InChI=1S/C14H15F5N2O/c1-20(8-14(17,18)19)12(22)7-21-4-2-3-9-5-10(15)6-11(16)13(9)21/h5-6H,2-4,7-8H2,1H3. The van der Waals surface area contributed by atoms with E-state index in [1.54, 1.807) is 0 Å². The van der Waals surface area contributed by atoms with E-state index in [1.807, 2.05) is 0 Å². The zero-order valence-corrected chi connectivity index (χ0v) is 11.9. The lowest BCUT2D eigenvalue weighted by Gasteiger charge is -2.32. The fraction of sp³-hybridized carbons (Fsp3) is 0.500. The summed E-state index contributed by atoms with van der Waals surface area (Å²) in [6.45, 7) is -1.40. The highest BCUT2D eigenvalue weighted by Crippen LogP contribution is 2.31. The molecule has 0 unspecified atom stereocenters. The maximum Gasteiger partial charge on any atom is 0.406 e. The van der Waals surface area contributed by atoms with Crippen molar-refractivity contribution in [2.24, 2.45) is 0 Å². The average molecular weight is 322 g/mol. The monoisotopic (exact) mass is 322 g/mol. The van der Waals surface area contributed by atoms with Crippen LogP contribution in [-0.2, 0) is 11.2 Å². The molecule has 1 aromatic carbocycles. The number of halogens is 5. The fourth-order valence-electron chi connectivity index (χ4n) is 2.54. The predicted molar refractivity (Wildman–Crippen MR) is 70.6 cm³/mol. The second-order valence-electron chi connectivity index (χ2n) is 5.29. The van der Waals surface area contributed by atoms with Crippen LogP contribution in [0.1, 0.15) is 12.0 Å². The molecule has 8 heteroatoms. The third-order valence-corrected chi connectivity index (χ3v) is 3.47. The molecule has 0 aliphatic carbocycles. The molecular weight excluding hydrogens is 307 g/mol. The van der Waals surface area contributed by atoms with E-state index in [9.17, 15) is 26.7 Å². The Bertz CT molecular complexity index is 573. The molecule has 0 fully saturated rings. The Labute approximate surface area is 124 Å². The quantitative estimate of drug-likeness (QED) is 0.799. The predicted octanol–water partition coefficient (Wildman–Crippen LogP) is 2.74. The van der Waals surface area contributed by atoms with Crippen LogP contribution in [0.2, 0.25) is 0 Å². The zero-order valence-electron chi connectivity index (χ0n) is 11.9. The summed E-state index contributed by atoms with van der Waals surface area (Å²) in [5, 5.41) is 0. The molecule has 0 atom stereocenters. The lowest BCUT2D eigenvalue weighted by atomic mass is 10.0. The molecule has 1 heterocycles. The Kier molecular flexibility index (Phi) is 4.58. The molecule has 0 spiro atoms. The summed E-state index contributed by atoms with van der Waals surface area (Å²) in [5.41, 5.74) is 0.524. The van der Waals surface area contributed by atoms with Gasteiger partial charge in [0.1, 0.15) is 18.2 Å². The lowest BCUT2D eigenvalue weighted by molar-refractivity contribution is -0.157. The number of anilines is 1. The molecule has 2 rings (SSSR count). The molecule has 1 amide bonds. The van der Waals surface area contributed by atoms with Crippen molar-refractivity contribution in [3.05, 3.63) is 29.3 Å². The normalized spacial score (nSPS) is 14.7. The van der Waals surface area contributed by atoms with Crippen LogP contribution in [0.4, 0.5) is 27.6 Å². The second-order valence-corrected chi connectivity index (χ2v) is 5.29. The molecule has 0 N–H and O–H groups in total. The van der Waals surface area contributed by atoms with Crippen LogP contribution in [0, 0.1) is 11.6 Å². The Balaban J connectivity index is 2.14. The highest BCUT2D eigenvalue weighted by atomic mass is 19.4. The van der Waals surface area contributed by atoms with Gasteiger partial charge in [0.25, 0.3) is 0 Å². The number of benzene rings is 1. The van der Waals surface area contributed by atoms with Gasteiger partial charge in [0, 0.05) is 19.7 Å². The number of aryl methyl sites for hydroxylation is 1. The van der Waals surface area contributed by atoms with E-state index >= 15 is 0 Å². The van der Waals surface area contributed by atoms with Crippen molar-refractivity contribution in [3.8, 4) is 0 Å². The fourth-order valence-corrected chi connectivity index (χ4v) is 2.54. The molecule has 0 radical (unpaired) electrons. The molecule has 3 nitrogen and oxygen atoms in total. The third kappa shape index (κ3) is 3.86. The van der Waals surface area contributed by atoms with Crippen LogP contribution in [0.5, 0.6) is 0 Å². The van der Waals surface area contributed by atoms with Gasteiger partial charge in [-0.25, -0.2) is 8.78 Å². The number of fused-ring (bicyclic) bond motifs is 1. The highest BCUT2D eigenvalue weighted by molar-refractivity contribution is 5.82. The summed E-state index contributed by atoms with van der Waals surface area (Å²) in [4.78, 5) is 13.8. The van der Waals surface area contributed by atoms with Gasteiger partial charge in [-0.15, -0.1) is 0 Å². The summed E-state index contributed by atoms with van der Waals surface area (Å²) >= 11 is 0. The topological polar surface area (TPSA) is 23.6 Å². The first-order valence-corrected chi connectivity index (χ1v) is 6.71. The second kappa shape index (κ2) is 6.10. The molecule has 0 saturated carbocycles. The van der Waals surface area contributed by atoms with Crippen LogP contribution < -0.4 is 4.90 Å². The Morgan fingerprint density at radius 1 is 1.32 bits per heavy atom. The minimum Gasteiger partial charge on any atom is -0.360 e. The minimum absolute atomic E-state index is 0.0985. The van der Waals surface area contributed by atoms with Crippen LogP contribution in [0.3, 0.4) is 0 Å². The van der Waals surface area contributed by atoms with Gasteiger partial charge in [-0.1, -0.05) is 0 Å². The van der Waals surface area contributed by atoms with E-state index in [0.29, 0.717) is 35.9 Å². The molecular formula is C14H15F5N2O. The minimum atomic E-state index is -4.49. The lowest BCUT2D eigenvalue weighted by Crippen LogP contribution is -2.44. The molecule has 122 valence electrons. The van der Waals surface area contributed by atoms with Crippen LogP contribution >= 0.6 is 0 Å². The van der Waals surface area contributed by atoms with Gasteiger partial charge < -0.3 is 9.80 Å². The SMILES string of the molecule is CN(CC(F)(F)F)C(=O)CN1CCCc2cc(F)cc(F)c21. The first-order chi connectivity index (χ1) is 10.2. The van der Waals surface area contributed by atoms with Gasteiger partial charge in [0.15, 0.2) is 0 Å². The Morgan fingerprint density at radius 2 is 2.00 bits per heavy atom. The van der Waals surface area contributed by atoms with Crippen molar-refractivity contribution in [2.45, 2.75) is 19.0 Å². The number of alkyl halides is 3. The van der Waals surface area contributed by atoms with Gasteiger partial charge in [0.05, 0.1) is 12.2 Å². The molecule has 0 saturated heterocycles. The number of carbonyl (C=O) groups is 1. The van der Waals surface area contributed by atoms with Gasteiger partial charge in [-0.3, -0.25) is 4.79 Å².